The molecule has 1 N–H and O–H groups in total. The van der Waals surface area contributed by atoms with Crippen LogP contribution >= 0.6 is 0 Å². The van der Waals surface area contributed by atoms with Crippen LogP contribution in [0.1, 0.15) is 19.5 Å². The number of rotatable bonds is 3. The highest BCUT2D eigenvalue weighted by Gasteiger charge is 2.33. The van der Waals surface area contributed by atoms with Crippen LogP contribution in [0, 0.1) is 0 Å². The molecule has 0 aromatic carbocycles. The Morgan fingerprint density at radius 3 is 2.29 bits per heavy atom. The summed E-state index contributed by atoms with van der Waals surface area (Å²) in [7, 11) is 0. The van der Waals surface area contributed by atoms with E-state index in [2.05, 4.69) is 5.10 Å². The number of nitrogens with zero attached hydrogens (tertiary/aromatic N) is 2. The molecule has 1 aromatic rings. The summed E-state index contributed by atoms with van der Waals surface area (Å²) >= 11 is 0. The van der Waals surface area contributed by atoms with E-state index in [-0.39, 0.29) is 0 Å². The van der Waals surface area contributed by atoms with Crippen molar-refractivity contribution in [2.75, 3.05) is 18.0 Å². The van der Waals surface area contributed by atoms with E-state index in [1.165, 1.54) is 0 Å². The van der Waals surface area contributed by atoms with Crippen LogP contribution in [0.15, 0.2) is 6.07 Å². The summed E-state index contributed by atoms with van der Waals surface area (Å²) in [5.74, 6) is 0.335. The maximum atomic E-state index is 12.2. The fraction of sp³-hybridized carbons (Fsp3) is 0.625. The van der Waals surface area contributed by atoms with E-state index < -0.39 is 11.9 Å². The van der Waals surface area contributed by atoms with Gasteiger partial charge in [0.2, 0.25) is 0 Å². The number of halogens is 3. The molecule has 0 aliphatic rings. The molecule has 80 valence electrons. The lowest BCUT2D eigenvalue weighted by Crippen LogP contribution is -2.22. The zero-order chi connectivity index (χ0) is 10.8. The van der Waals surface area contributed by atoms with Crippen LogP contribution in [0.4, 0.5) is 19.0 Å². The highest BCUT2D eigenvalue weighted by atomic mass is 19.4. The Labute approximate surface area is 79.9 Å². The highest BCUT2D eigenvalue weighted by molar-refractivity contribution is 5.39. The van der Waals surface area contributed by atoms with E-state index in [4.69, 9.17) is 0 Å². The molecule has 0 unspecified atom stereocenters. The van der Waals surface area contributed by atoms with Crippen molar-refractivity contribution < 1.29 is 13.2 Å². The lowest BCUT2D eigenvalue weighted by atomic mass is 10.4. The van der Waals surface area contributed by atoms with E-state index in [1.807, 2.05) is 18.9 Å². The van der Waals surface area contributed by atoms with Crippen LogP contribution in [0.3, 0.4) is 0 Å². The van der Waals surface area contributed by atoms with Gasteiger partial charge in [0.05, 0.1) is 0 Å². The van der Waals surface area contributed by atoms with Crippen molar-refractivity contribution in [3.05, 3.63) is 11.8 Å². The lowest BCUT2D eigenvalue weighted by molar-refractivity contribution is -0.141. The molecular formula is C8H12F3N3. The fourth-order valence-corrected chi connectivity index (χ4v) is 1.17. The largest absolute Gasteiger partial charge is 0.432 e. The molecule has 0 radical (unpaired) electrons. The molecule has 3 nitrogen and oxygen atoms in total. The molecular weight excluding hydrogens is 195 g/mol. The Hall–Kier alpha value is -1.20. The average Bonchev–Trinajstić information content (AvgIpc) is 2.54. The van der Waals surface area contributed by atoms with Crippen molar-refractivity contribution in [2.45, 2.75) is 20.0 Å². The second kappa shape index (κ2) is 3.89. The van der Waals surface area contributed by atoms with Crippen LogP contribution in [-0.4, -0.2) is 23.3 Å². The minimum atomic E-state index is -4.35. The Morgan fingerprint density at radius 1 is 1.36 bits per heavy atom. The molecule has 0 aliphatic carbocycles. The van der Waals surface area contributed by atoms with E-state index >= 15 is 0 Å². The Bertz CT molecular complexity index is 288. The summed E-state index contributed by atoms with van der Waals surface area (Å²) in [4.78, 5) is 1.74. The second-order valence-corrected chi connectivity index (χ2v) is 2.81. The maximum absolute atomic E-state index is 12.2. The molecule has 0 spiro atoms. The highest BCUT2D eigenvalue weighted by Crippen LogP contribution is 2.29. The monoisotopic (exact) mass is 207 g/mol. The van der Waals surface area contributed by atoms with Crippen LogP contribution in [0.5, 0.6) is 0 Å². The number of hydrogen-bond acceptors (Lipinski definition) is 2. The molecule has 0 bridgehead atoms. The van der Waals surface area contributed by atoms with Crippen molar-refractivity contribution in [3.8, 4) is 0 Å². The molecule has 1 rings (SSSR count). The molecule has 0 atom stereocenters. The quantitative estimate of drug-likeness (QED) is 0.824. The molecule has 0 fully saturated rings. The predicted octanol–water partition coefficient (Wildman–Crippen LogP) is 2.27. The standard InChI is InChI=1S/C8H12F3N3/c1-3-14(4-2)7-5-6(12-13-7)8(9,10)11/h5H,3-4H2,1-2H3,(H,12,13). The summed E-state index contributed by atoms with van der Waals surface area (Å²) < 4.78 is 36.5. The van der Waals surface area contributed by atoms with Crippen molar-refractivity contribution in [3.63, 3.8) is 0 Å². The third-order valence-electron chi connectivity index (χ3n) is 1.96. The van der Waals surface area contributed by atoms with Crippen LogP contribution < -0.4 is 4.90 Å². The van der Waals surface area contributed by atoms with Gasteiger partial charge in [-0.2, -0.15) is 18.3 Å². The van der Waals surface area contributed by atoms with Gasteiger partial charge >= 0.3 is 6.18 Å². The molecule has 0 aliphatic heterocycles. The number of hydrogen-bond donors (Lipinski definition) is 1. The minimum absolute atomic E-state index is 0.335. The summed E-state index contributed by atoms with van der Waals surface area (Å²) in [6, 6.07) is 1.02. The molecule has 6 heteroatoms. The summed E-state index contributed by atoms with van der Waals surface area (Å²) in [5, 5.41) is 5.58. The molecule has 1 heterocycles. The number of aromatic nitrogens is 2. The summed E-state index contributed by atoms with van der Waals surface area (Å²) in [6.45, 7) is 5.01. The Balaban J connectivity index is 2.87. The molecule has 1 aromatic heterocycles. The van der Waals surface area contributed by atoms with Gasteiger partial charge in [0.1, 0.15) is 5.69 Å². The number of aromatic amines is 1. The third-order valence-corrected chi connectivity index (χ3v) is 1.96. The van der Waals surface area contributed by atoms with Crippen molar-refractivity contribution >= 4 is 5.82 Å². The predicted molar refractivity (Wildman–Crippen MR) is 47.2 cm³/mol. The average molecular weight is 207 g/mol. The lowest BCUT2D eigenvalue weighted by Gasteiger charge is -2.16. The first-order valence-corrected chi connectivity index (χ1v) is 4.36. The summed E-state index contributed by atoms with van der Waals surface area (Å²) in [5.41, 5.74) is -0.806. The number of nitrogens with one attached hydrogen (secondary N) is 1. The van der Waals surface area contributed by atoms with Crippen molar-refractivity contribution in [2.24, 2.45) is 0 Å². The van der Waals surface area contributed by atoms with Gasteiger partial charge < -0.3 is 4.90 Å². The SMILES string of the molecule is CCN(CC)c1cc(C(F)(F)F)[nH]n1. The van der Waals surface area contributed by atoms with Gasteiger partial charge in [-0.25, -0.2) is 0 Å². The van der Waals surface area contributed by atoms with Gasteiger partial charge in [-0.1, -0.05) is 0 Å². The van der Waals surface area contributed by atoms with E-state index in [1.54, 1.807) is 4.90 Å². The van der Waals surface area contributed by atoms with E-state index in [9.17, 15) is 13.2 Å². The second-order valence-electron chi connectivity index (χ2n) is 2.81. The van der Waals surface area contributed by atoms with Crippen molar-refractivity contribution in [1.29, 1.82) is 0 Å². The topological polar surface area (TPSA) is 31.9 Å². The Morgan fingerprint density at radius 2 is 1.93 bits per heavy atom. The number of alkyl halides is 3. The van der Waals surface area contributed by atoms with Gasteiger partial charge in [0, 0.05) is 19.2 Å². The van der Waals surface area contributed by atoms with Gasteiger partial charge in [-0.15, -0.1) is 0 Å². The number of H-pyrrole nitrogens is 1. The molecule has 0 amide bonds. The zero-order valence-corrected chi connectivity index (χ0v) is 8.02. The van der Waals surface area contributed by atoms with E-state index in [0.29, 0.717) is 18.9 Å². The molecule has 14 heavy (non-hydrogen) atoms. The summed E-state index contributed by atoms with van der Waals surface area (Å²) in [6.07, 6.45) is -4.35. The number of anilines is 1. The van der Waals surface area contributed by atoms with Gasteiger partial charge in [0.25, 0.3) is 0 Å². The van der Waals surface area contributed by atoms with Crippen LogP contribution in [0.25, 0.3) is 0 Å². The van der Waals surface area contributed by atoms with E-state index in [0.717, 1.165) is 6.07 Å². The first kappa shape index (κ1) is 10.9. The Kier molecular flexibility index (Phi) is 3.03. The molecule has 0 saturated heterocycles. The minimum Gasteiger partial charge on any atom is -0.356 e. The maximum Gasteiger partial charge on any atom is 0.432 e. The van der Waals surface area contributed by atoms with Crippen molar-refractivity contribution in [1.82, 2.24) is 10.2 Å². The van der Waals surface area contributed by atoms with Crippen LogP contribution in [0.2, 0.25) is 0 Å². The molecule has 0 saturated carbocycles. The van der Waals surface area contributed by atoms with Gasteiger partial charge in [0.15, 0.2) is 5.82 Å². The normalized spacial score (nSPS) is 11.8. The van der Waals surface area contributed by atoms with Gasteiger partial charge in [-0.3, -0.25) is 5.10 Å². The third kappa shape index (κ3) is 2.18. The smallest absolute Gasteiger partial charge is 0.356 e. The first-order valence-electron chi connectivity index (χ1n) is 4.36. The zero-order valence-electron chi connectivity index (χ0n) is 8.02. The van der Waals surface area contributed by atoms with Gasteiger partial charge in [-0.05, 0) is 13.8 Å². The fourth-order valence-electron chi connectivity index (χ4n) is 1.17. The first-order chi connectivity index (χ1) is 6.49. The van der Waals surface area contributed by atoms with Crippen LogP contribution in [-0.2, 0) is 6.18 Å².